The molecule has 0 saturated heterocycles. The van der Waals surface area contributed by atoms with E-state index in [9.17, 15) is 9.59 Å². The average molecular weight is 335 g/mol. The maximum absolute atomic E-state index is 11.9. The maximum atomic E-state index is 11.9. The van der Waals surface area contributed by atoms with Crippen molar-refractivity contribution in [2.45, 2.75) is 17.9 Å². The second-order valence-electron chi connectivity index (χ2n) is 4.45. The molecule has 4 N–H and O–H groups in total. The van der Waals surface area contributed by atoms with E-state index in [0.717, 1.165) is 15.5 Å². The fourth-order valence-electron chi connectivity index (χ4n) is 1.70. The molecule has 1 heterocycles. The van der Waals surface area contributed by atoms with Crippen molar-refractivity contribution >= 4 is 40.7 Å². The first-order valence-electron chi connectivity index (χ1n) is 6.72. The van der Waals surface area contributed by atoms with Crippen molar-refractivity contribution in [2.24, 2.45) is 5.73 Å². The van der Waals surface area contributed by atoms with Gasteiger partial charge < -0.3 is 16.4 Å². The summed E-state index contributed by atoms with van der Waals surface area (Å²) >= 11 is 3.09. The number of amides is 3. The Kier molecular flexibility index (Phi) is 6.29. The van der Waals surface area contributed by atoms with E-state index in [2.05, 4.69) is 10.6 Å². The molecule has 0 bridgehead atoms. The third kappa shape index (κ3) is 5.42. The van der Waals surface area contributed by atoms with Crippen molar-refractivity contribution in [3.05, 3.63) is 46.7 Å². The van der Waals surface area contributed by atoms with Crippen LogP contribution in [-0.4, -0.2) is 17.7 Å². The zero-order chi connectivity index (χ0) is 15.8. The molecule has 0 unspecified atom stereocenters. The van der Waals surface area contributed by atoms with Crippen LogP contribution in [0.5, 0.6) is 0 Å². The van der Waals surface area contributed by atoms with Crippen LogP contribution in [0.2, 0.25) is 0 Å². The molecule has 0 saturated carbocycles. The van der Waals surface area contributed by atoms with Crippen LogP contribution in [0.4, 0.5) is 10.5 Å². The Bertz CT molecular complexity index is 629. The molecule has 7 heteroatoms. The van der Waals surface area contributed by atoms with Gasteiger partial charge in [-0.25, -0.2) is 4.79 Å². The summed E-state index contributed by atoms with van der Waals surface area (Å²) in [7, 11) is 0. The molecular weight excluding hydrogens is 318 g/mol. The Morgan fingerprint density at radius 1 is 1.18 bits per heavy atom. The highest BCUT2D eigenvalue weighted by atomic mass is 32.2. The number of nitrogens with one attached hydrogen (secondary N) is 2. The molecule has 0 aliphatic carbocycles. The Morgan fingerprint density at radius 3 is 2.73 bits per heavy atom. The van der Waals surface area contributed by atoms with Gasteiger partial charge in [-0.15, -0.1) is 23.1 Å². The van der Waals surface area contributed by atoms with Crippen LogP contribution in [0.15, 0.2) is 46.7 Å². The number of hydrogen-bond acceptors (Lipinski definition) is 4. The number of anilines is 1. The van der Waals surface area contributed by atoms with E-state index in [0.29, 0.717) is 18.7 Å². The number of nitrogens with two attached hydrogens (primary N) is 1. The number of carbonyl (C=O) groups is 2. The van der Waals surface area contributed by atoms with Gasteiger partial charge in [0.05, 0.1) is 12.2 Å². The molecule has 116 valence electrons. The van der Waals surface area contributed by atoms with Gasteiger partial charge in [0.15, 0.2) is 0 Å². The number of carbonyl (C=O) groups excluding carboxylic acids is 2. The van der Waals surface area contributed by atoms with E-state index in [1.165, 1.54) is 11.8 Å². The summed E-state index contributed by atoms with van der Waals surface area (Å²) < 4.78 is 0. The number of para-hydroxylation sites is 1. The lowest BCUT2D eigenvalue weighted by Crippen LogP contribution is -2.28. The number of primary amides is 1. The Morgan fingerprint density at radius 2 is 2.00 bits per heavy atom. The van der Waals surface area contributed by atoms with Crippen molar-refractivity contribution in [3.63, 3.8) is 0 Å². The molecule has 0 radical (unpaired) electrons. The van der Waals surface area contributed by atoms with E-state index in [1.807, 2.05) is 41.8 Å². The van der Waals surface area contributed by atoms with Gasteiger partial charge >= 0.3 is 6.03 Å². The second kappa shape index (κ2) is 8.45. The Balaban J connectivity index is 1.88. The Hall–Kier alpha value is -1.99. The van der Waals surface area contributed by atoms with Gasteiger partial charge in [-0.05, 0) is 23.6 Å². The molecule has 0 spiro atoms. The third-order valence-corrected chi connectivity index (χ3v) is 4.70. The number of thiophene rings is 1. The topological polar surface area (TPSA) is 84.2 Å². The van der Waals surface area contributed by atoms with Crippen molar-refractivity contribution < 1.29 is 9.59 Å². The first-order chi connectivity index (χ1) is 10.6. The number of urea groups is 1. The summed E-state index contributed by atoms with van der Waals surface area (Å²) in [5, 5.41) is 7.61. The highest BCUT2D eigenvalue weighted by molar-refractivity contribution is 7.99. The van der Waals surface area contributed by atoms with Crippen molar-refractivity contribution in [1.29, 1.82) is 0 Å². The van der Waals surface area contributed by atoms with Gasteiger partial charge in [0.2, 0.25) is 5.91 Å². The molecule has 0 fully saturated rings. The minimum absolute atomic E-state index is 0.253. The molecule has 22 heavy (non-hydrogen) atoms. The number of thioether (sulfide) groups is 1. The van der Waals surface area contributed by atoms with E-state index in [4.69, 9.17) is 5.73 Å². The summed E-state index contributed by atoms with van der Waals surface area (Å²) in [5.74, 6) is 0.261. The van der Waals surface area contributed by atoms with Gasteiger partial charge in [0.25, 0.3) is 0 Å². The summed E-state index contributed by atoms with van der Waals surface area (Å²) in [4.78, 5) is 24.7. The Labute approximate surface area is 137 Å². The number of benzene rings is 1. The summed E-state index contributed by atoms with van der Waals surface area (Å²) in [6.07, 6.45) is 0.309. The summed E-state index contributed by atoms with van der Waals surface area (Å²) in [5.41, 5.74) is 5.85. The molecule has 3 amide bonds. The van der Waals surface area contributed by atoms with Crippen LogP contribution in [-0.2, 0) is 11.3 Å². The molecular formula is C15H17N3O2S2. The predicted molar refractivity (Wildman–Crippen MR) is 91.2 cm³/mol. The zero-order valence-electron chi connectivity index (χ0n) is 11.9. The first kappa shape index (κ1) is 16.4. The smallest absolute Gasteiger partial charge is 0.319 e. The van der Waals surface area contributed by atoms with Gasteiger partial charge in [0, 0.05) is 21.9 Å². The normalized spacial score (nSPS) is 10.2. The first-order valence-corrected chi connectivity index (χ1v) is 8.59. The van der Waals surface area contributed by atoms with Gasteiger partial charge in [0.1, 0.15) is 0 Å². The lowest BCUT2D eigenvalue weighted by molar-refractivity contribution is -0.117. The SMILES string of the molecule is NC(=O)CCSc1ccccc1NC(=O)NCc1cccs1. The average Bonchev–Trinajstić information content (AvgIpc) is 3.00. The van der Waals surface area contributed by atoms with Gasteiger partial charge in [-0.2, -0.15) is 0 Å². The predicted octanol–water partition coefficient (Wildman–Crippen LogP) is 3.04. The van der Waals surface area contributed by atoms with Crippen LogP contribution in [0, 0.1) is 0 Å². The van der Waals surface area contributed by atoms with Crippen LogP contribution >= 0.6 is 23.1 Å². The fourth-order valence-corrected chi connectivity index (χ4v) is 3.32. The third-order valence-electron chi connectivity index (χ3n) is 2.74. The summed E-state index contributed by atoms with van der Waals surface area (Å²) in [6.45, 7) is 0.500. The molecule has 1 aromatic carbocycles. The van der Waals surface area contributed by atoms with Crippen LogP contribution in [0.3, 0.4) is 0 Å². The highest BCUT2D eigenvalue weighted by Gasteiger charge is 2.07. The van der Waals surface area contributed by atoms with Gasteiger partial charge in [-0.1, -0.05) is 18.2 Å². The quantitative estimate of drug-likeness (QED) is 0.680. The molecule has 0 atom stereocenters. The largest absolute Gasteiger partial charge is 0.370 e. The lowest BCUT2D eigenvalue weighted by Gasteiger charge is -2.11. The number of hydrogen-bond donors (Lipinski definition) is 3. The standard InChI is InChI=1S/C15H17N3O2S2/c16-14(19)7-9-22-13-6-2-1-5-12(13)18-15(20)17-10-11-4-3-8-21-11/h1-6,8H,7,9-10H2,(H2,16,19)(H2,17,18,20). The molecule has 2 aromatic rings. The van der Waals surface area contributed by atoms with Crippen molar-refractivity contribution in [2.75, 3.05) is 11.1 Å². The maximum Gasteiger partial charge on any atom is 0.319 e. The van der Waals surface area contributed by atoms with E-state index in [-0.39, 0.29) is 11.9 Å². The van der Waals surface area contributed by atoms with E-state index in [1.54, 1.807) is 11.3 Å². The monoisotopic (exact) mass is 335 g/mol. The minimum atomic E-state index is -0.327. The minimum Gasteiger partial charge on any atom is -0.370 e. The van der Waals surface area contributed by atoms with Crippen LogP contribution in [0.25, 0.3) is 0 Å². The molecule has 5 nitrogen and oxygen atoms in total. The summed E-state index contributed by atoms with van der Waals surface area (Å²) in [6, 6.07) is 11.1. The lowest BCUT2D eigenvalue weighted by atomic mass is 10.3. The van der Waals surface area contributed by atoms with Gasteiger partial charge in [-0.3, -0.25) is 4.79 Å². The fraction of sp³-hybridized carbons (Fsp3) is 0.200. The van der Waals surface area contributed by atoms with E-state index < -0.39 is 0 Å². The van der Waals surface area contributed by atoms with Crippen molar-refractivity contribution in [1.82, 2.24) is 5.32 Å². The zero-order valence-corrected chi connectivity index (χ0v) is 13.5. The number of rotatable bonds is 7. The molecule has 0 aliphatic heterocycles. The van der Waals surface area contributed by atoms with Crippen LogP contribution in [0.1, 0.15) is 11.3 Å². The van der Waals surface area contributed by atoms with E-state index >= 15 is 0 Å². The van der Waals surface area contributed by atoms with Crippen molar-refractivity contribution in [3.8, 4) is 0 Å². The molecule has 1 aromatic heterocycles. The molecule has 2 rings (SSSR count). The van der Waals surface area contributed by atoms with Crippen LogP contribution < -0.4 is 16.4 Å². The second-order valence-corrected chi connectivity index (χ2v) is 6.62. The highest BCUT2D eigenvalue weighted by Crippen LogP contribution is 2.27. The molecule has 0 aliphatic rings.